The number of ketones is 1. The predicted octanol–water partition coefficient (Wildman–Crippen LogP) is 3.23. The number of nitrogens with zero attached hydrogens (tertiary/aromatic N) is 2. The lowest BCUT2D eigenvalue weighted by Gasteiger charge is -2.43. The fraction of sp³-hybridized carbons (Fsp3) is 0.682. The van der Waals surface area contributed by atoms with Crippen LogP contribution in [0.15, 0.2) is 24.3 Å². The number of hydrogen-bond acceptors (Lipinski definition) is 4. The van der Waals surface area contributed by atoms with Crippen LogP contribution in [-0.2, 0) is 14.8 Å². The summed E-state index contributed by atoms with van der Waals surface area (Å²) in [6, 6.07) is 8.50. The molecule has 0 aromatic heterocycles. The molecule has 5 nitrogen and oxygen atoms in total. The Morgan fingerprint density at radius 1 is 1.14 bits per heavy atom. The summed E-state index contributed by atoms with van der Waals surface area (Å²) in [6.45, 7) is 9.98. The number of rotatable bonds is 4. The standard InChI is InChI=1S/C22H32N2O3S/c1-16-5-7-19(8-6-16)24-12-11-23(14-17(24)2)28(26,27)15-22-10-9-18(13-20(22)25)21(22,3)4/h5-8,17-18H,9-15H2,1-4H3/t17?,18-,22?/m0/s1. The highest BCUT2D eigenvalue weighted by Gasteiger charge is 2.65. The summed E-state index contributed by atoms with van der Waals surface area (Å²) in [5.41, 5.74) is 1.45. The van der Waals surface area contributed by atoms with Gasteiger partial charge >= 0.3 is 0 Å². The number of hydrogen-bond donors (Lipinski definition) is 0. The maximum Gasteiger partial charge on any atom is 0.215 e. The number of carbonyl (C=O) groups is 1. The topological polar surface area (TPSA) is 57.7 Å². The minimum Gasteiger partial charge on any atom is -0.366 e. The van der Waals surface area contributed by atoms with E-state index in [9.17, 15) is 13.2 Å². The fourth-order valence-corrected chi connectivity index (χ4v) is 8.09. The molecule has 2 bridgehead atoms. The van der Waals surface area contributed by atoms with Crippen LogP contribution in [0.1, 0.15) is 45.6 Å². The third-order valence-corrected chi connectivity index (χ3v) is 9.89. The van der Waals surface area contributed by atoms with Gasteiger partial charge in [-0.05, 0) is 50.2 Å². The molecule has 2 saturated carbocycles. The highest BCUT2D eigenvalue weighted by atomic mass is 32.2. The molecule has 3 fully saturated rings. The molecule has 1 aromatic carbocycles. The lowest BCUT2D eigenvalue weighted by atomic mass is 9.70. The second kappa shape index (κ2) is 6.56. The zero-order chi connectivity index (χ0) is 20.3. The second-order valence-electron chi connectivity index (χ2n) is 9.66. The van der Waals surface area contributed by atoms with Crippen LogP contribution in [0.25, 0.3) is 0 Å². The highest BCUT2D eigenvalue weighted by molar-refractivity contribution is 7.89. The van der Waals surface area contributed by atoms with Crippen LogP contribution in [0, 0.1) is 23.7 Å². The molecule has 3 aliphatic rings. The SMILES string of the molecule is Cc1ccc(N2CCN(S(=O)(=O)CC34CC[C@@H](CC3=O)C4(C)C)CC2C)cc1. The summed E-state index contributed by atoms with van der Waals surface area (Å²) in [7, 11) is -3.47. The normalized spacial score (nSPS) is 32.9. The van der Waals surface area contributed by atoms with Gasteiger partial charge < -0.3 is 4.90 Å². The first kappa shape index (κ1) is 19.9. The van der Waals surface area contributed by atoms with Crippen molar-refractivity contribution in [3.05, 3.63) is 29.8 Å². The van der Waals surface area contributed by atoms with Crippen LogP contribution in [0.5, 0.6) is 0 Å². The van der Waals surface area contributed by atoms with Gasteiger partial charge in [0.05, 0.1) is 5.75 Å². The van der Waals surface area contributed by atoms with Gasteiger partial charge in [-0.25, -0.2) is 8.42 Å². The van der Waals surface area contributed by atoms with Crippen molar-refractivity contribution in [1.29, 1.82) is 0 Å². The molecule has 1 aliphatic heterocycles. The Kier molecular flexibility index (Phi) is 4.66. The summed E-state index contributed by atoms with van der Waals surface area (Å²) >= 11 is 0. The van der Waals surface area contributed by atoms with Crippen LogP contribution >= 0.6 is 0 Å². The molecule has 154 valence electrons. The van der Waals surface area contributed by atoms with Crippen molar-refractivity contribution < 1.29 is 13.2 Å². The zero-order valence-electron chi connectivity index (χ0n) is 17.4. The summed E-state index contributed by atoms with van der Waals surface area (Å²) in [4.78, 5) is 15.0. The highest BCUT2D eigenvalue weighted by Crippen LogP contribution is 2.64. The Balaban J connectivity index is 1.51. The molecule has 1 aromatic rings. The van der Waals surface area contributed by atoms with E-state index in [0.29, 0.717) is 32.0 Å². The predicted molar refractivity (Wildman–Crippen MR) is 112 cm³/mol. The smallest absolute Gasteiger partial charge is 0.215 e. The fourth-order valence-electron chi connectivity index (χ4n) is 5.81. The number of anilines is 1. The van der Waals surface area contributed by atoms with Crippen LogP contribution in [0.2, 0.25) is 0 Å². The van der Waals surface area contributed by atoms with Crippen LogP contribution in [0.4, 0.5) is 5.69 Å². The number of fused-ring (bicyclic) bond motifs is 2. The zero-order valence-corrected chi connectivity index (χ0v) is 18.3. The largest absolute Gasteiger partial charge is 0.366 e. The Morgan fingerprint density at radius 2 is 1.82 bits per heavy atom. The van der Waals surface area contributed by atoms with Crippen molar-refractivity contribution in [3.8, 4) is 0 Å². The van der Waals surface area contributed by atoms with Gasteiger partial charge in [-0.1, -0.05) is 31.5 Å². The van der Waals surface area contributed by atoms with Crippen molar-refractivity contribution in [1.82, 2.24) is 4.31 Å². The Hall–Kier alpha value is -1.40. The minimum absolute atomic E-state index is 0.0143. The van der Waals surface area contributed by atoms with E-state index in [1.807, 2.05) is 0 Å². The minimum atomic E-state index is -3.47. The molecule has 0 amide bonds. The molecular weight excluding hydrogens is 372 g/mol. The molecule has 28 heavy (non-hydrogen) atoms. The average molecular weight is 405 g/mol. The second-order valence-corrected chi connectivity index (χ2v) is 11.6. The molecule has 0 N–H and O–H groups in total. The van der Waals surface area contributed by atoms with Crippen molar-refractivity contribution in [3.63, 3.8) is 0 Å². The lowest BCUT2D eigenvalue weighted by molar-refractivity contribution is -0.128. The molecule has 6 heteroatoms. The molecule has 2 aliphatic carbocycles. The van der Waals surface area contributed by atoms with Crippen LogP contribution < -0.4 is 4.90 Å². The summed E-state index contributed by atoms with van der Waals surface area (Å²) in [6.07, 6.45) is 2.26. The summed E-state index contributed by atoms with van der Waals surface area (Å²) < 4.78 is 28.3. The maximum atomic E-state index is 13.3. The van der Waals surface area contributed by atoms with Gasteiger partial charge in [-0.15, -0.1) is 0 Å². The van der Waals surface area contributed by atoms with Crippen LogP contribution in [-0.4, -0.2) is 49.9 Å². The maximum absolute atomic E-state index is 13.3. The summed E-state index contributed by atoms with van der Waals surface area (Å²) in [5.74, 6) is 0.496. The molecule has 4 rings (SSSR count). The summed E-state index contributed by atoms with van der Waals surface area (Å²) in [5, 5.41) is 0. The number of aryl methyl sites for hydroxylation is 1. The molecule has 2 unspecified atom stereocenters. The third-order valence-electron chi connectivity index (χ3n) is 7.92. The molecule has 0 spiro atoms. The van der Waals surface area contributed by atoms with Crippen LogP contribution in [0.3, 0.4) is 0 Å². The van der Waals surface area contributed by atoms with E-state index >= 15 is 0 Å². The van der Waals surface area contributed by atoms with Crippen molar-refractivity contribution in [2.24, 2.45) is 16.7 Å². The number of benzene rings is 1. The van der Waals surface area contributed by atoms with E-state index in [1.54, 1.807) is 4.31 Å². The van der Waals surface area contributed by atoms with E-state index in [2.05, 4.69) is 56.9 Å². The monoisotopic (exact) mass is 404 g/mol. The van der Waals surface area contributed by atoms with E-state index in [1.165, 1.54) is 5.56 Å². The third kappa shape index (κ3) is 2.91. The van der Waals surface area contributed by atoms with Gasteiger partial charge in [0.15, 0.2) is 0 Å². The lowest BCUT2D eigenvalue weighted by Crippen LogP contribution is -2.56. The number of piperazine rings is 1. The number of carbonyl (C=O) groups excluding carboxylic acids is 1. The van der Waals surface area contributed by atoms with Crippen molar-refractivity contribution >= 4 is 21.5 Å². The first-order chi connectivity index (χ1) is 13.1. The van der Waals surface area contributed by atoms with E-state index in [-0.39, 0.29) is 23.0 Å². The van der Waals surface area contributed by atoms with Gasteiger partial charge in [0, 0.05) is 43.2 Å². The Labute approximate surface area is 169 Å². The first-order valence-corrected chi connectivity index (χ1v) is 12.0. The van der Waals surface area contributed by atoms with Gasteiger partial charge in [0.2, 0.25) is 10.0 Å². The van der Waals surface area contributed by atoms with Gasteiger partial charge in [0.25, 0.3) is 0 Å². The molecule has 1 heterocycles. The molecular formula is C22H32N2O3S. The van der Waals surface area contributed by atoms with E-state index in [4.69, 9.17) is 0 Å². The van der Waals surface area contributed by atoms with Crippen molar-refractivity contribution in [2.45, 2.75) is 53.0 Å². The quantitative estimate of drug-likeness (QED) is 0.773. The van der Waals surface area contributed by atoms with Gasteiger partial charge in [-0.3, -0.25) is 4.79 Å². The average Bonchev–Trinajstić information content (AvgIpc) is 2.96. The number of Topliss-reactive ketones (excluding diaryl/α,β-unsaturated/α-hetero) is 1. The Bertz CT molecular complexity index is 878. The Morgan fingerprint density at radius 3 is 2.36 bits per heavy atom. The van der Waals surface area contributed by atoms with E-state index < -0.39 is 15.4 Å². The van der Waals surface area contributed by atoms with Crippen molar-refractivity contribution in [2.75, 3.05) is 30.3 Å². The first-order valence-electron chi connectivity index (χ1n) is 10.4. The molecule has 0 radical (unpaired) electrons. The van der Waals surface area contributed by atoms with Gasteiger partial charge in [0.1, 0.15) is 5.78 Å². The van der Waals surface area contributed by atoms with E-state index in [0.717, 1.165) is 18.5 Å². The number of sulfonamides is 1. The van der Waals surface area contributed by atoms with Gasteiger partial charge in [-0.2, -0.15) is 4.31 Å². The molecule has 1 saturated heterocycles. The molecule has 3 atom stereocenters.